The van der Waals surface area contributed by atoms with Crippen molar-refractivity contribution in [1.82, 2.24) is 4.90 Å². The van der Waals surface area contributed by atoms with Gasteiger partial charge in [-0.1, -0.05) is 6.07 Å². The van der Waals surface area contributed by atoms with E-state index in [1.165, 1.54) is 0 Å². The third kappa shape index (κ3) is 3.43. The van der Waals surface area contributed by atoms with E-state index in [4.69, 9.17) is 9.47 Å². The quantitative estimate of drug-likeness (QED) is 0.802. The number of carbonyl (C=O) groups excluding carboxylic acids is 2. The van der Waals surface area contributed by atoms with E-state index in [0.29, 0.717) is 26.3 Å². The highest BCUT2D eigenvalue weighted by Gasteiger charge is 2.47. The van der Waals surface area contributed by atoms with Crippen LogP contribution in [0.3, 0.4) is 0 Å². The highest BCUT2D eigenvalue weighted by atomic mass is 16.6. The SMILES string of the molecule is CC(C)(C)OC(=O)N1CCN(c2ccc3c(c2)NC(=O)C32CCOCC2)CC1. The number of piperazine rings is 1. The predicted octanol–water partition coefficient (Wildman–Crippen LogP) is 2.74. The van der Waals surface area contributed by atoms with Gasteiger partial charge in [0.05, 0.1) is 5.41 Å². The molecule has 1 aromatic carbocycles. The minimum atomic E-state index is -0.480. The Morgan fingerprint density at radius 3 is 2.46 bits per heavy atom. The minimum Gasteiger partial charge on any atom is -0.444 e. The van der Waals surface area contributed by atoms with Gasteiger partial charge >= 0.3 is 6.09 Å². The third-order valence-electron chi connectivity index (χ3n) is 5.84. The molecule has 2 fully saturated rings. The fourth-order valence-electron chi connectivity index (χ4n) is 4.30. The Morgan fingerprint density at radius 1 is 1.14 bits per heavy atom. The summed E-state index contributed by atoms with van der Waals surface area (Å²) in [5, 5.41) is 3.08. The molecule has 1 aromatic rings. The lowest BCUT2D eigenvalue weighted by atomic mass is 9.75. The Kier molecular flexibility index (Phi) is 4.73. The summed E-state index contributed by atoms with van der Waals surface area (Å²) in [5.74, 6) is 0.0951. The number of benzene rings is 1. The van der Waals surface area contributed by atoms with Crippen molar-refractivity contribution in [1.29, 1.82) is 0 Å². The smallest absolute Gasteiger partial charge is 0.410 e. The third-order valence-corrected chi connectivity index (χ3v) is 5.84. The van der Waals surface area contributed by atoms with Crippen LogP contribution in [0.4, 0.5) is 16.2 Å². The van der Waals surface area contributed by atoms with Gasteiger partial charge in [0.25, 0.3) is 0 Å². The molecule has 28 heavy (non-hydrogen) atoms. The molecule has 0 aromatic heterocycles. The van der Waals surface area contributed by atoms with Crippen LogP contribution >= 0.6 is 0 Å². The Morgan fingerprint density at radius 2 is 1.82 bits per heavy atom. The standard InChI is InChI=1S/C21H29N3O4/c1-20(2,3)28-19(26)24-10-8-23(9-11-24)15-4-5-16-17(14-15)22-18(25)21(16)6-12-27-13-7-21/h4-5,14H,6-13H2,1-3H3,(H,22,25). The fourth-order valence-corrected chi connectivity index (χ4v) is 4.30. The first-order valence-corrected chi connectivity index (χ1v) is 10.1. The van der Waals surface area contributed by atoms with E-state index in [0.717, 1.165) is 42.9 Å². The van der Waals surface area contributed by atoms with Crippen LogP contribution in [0.25, 0.3) is 0 Å². The molecule has 3 heterocycles. The maximum Gasteiger partial charge on any atom is 0.410 e. The lowest BCUT2D eigenvalue weighted by Gasteiger charge is -2.37. The molecule has 0 atom stereocenters. The van der Waals surface area contributed by atoms with E-state index < -0.39 is 11.0 Å². The van der Waals surface area contributed by atoms with Crippen LogP contribution in [0.2, 0.25) is 0 Å². The van der Waals surface area contributed by atoms with Gasteiger partial charge in [0.15, 0.2) is 0 Å². The zero-order valence-electron chi connectivity index (χ0n) is 16.9. The van der Waals surface area contributed by atoms with Crippen LogP contribution in [0.5, 0.6) is 0 Å². The van der Waals surface area contributed by atoms with Gasteiger partial charge < -0.3 is 24.6 Å². The summed E-state index contributed by atoms with van der Waals surface area (Å²) in [5.41, 5.74) is 2.18. The second-order valence-electron chi connectivity index (χ2n) is 8.83. The minimum absolute atomic E-state index is 0.0951. The first kappa shape index (κ1) is 19.1. The number of carbonyl (C=O) groups is 2. The van der Waals surface area contributed by atoms with Crippen LogP contribution in [-0.4, -0.2) is 61.9 Å². The summed E-state index contributed by atoms with van der Waals surface area (Å²) in [4.78, 5) is 28.9. The number of nitrogens with zero attached hydrogens (tertiary/aromatic N) is 2. The van der Waals surface area contributed by atoms with Crippen LogP contribution in [0.15, 0.2) is 18.2 Å². The van der Waals surface area contributed by atoms with E-state index in [1.54, 1.807) is 4.90 Å². The summed E-state index contributed by atoms with van der Waals surface area (Å²) >= 11 is 0. The van der Waals surface area contributed by atoms with E-state index in [9.17, 15) is 9.59 Å². The molecule has 7 nitrogen and oxygen atoms in total. The number of amides is 2. The Balaban J connectivity index is 1.44. The summed E-state index contributed by atoms with van der Waals surface area (Å²) < 4.78 is 10.9. The average Bonchev–Trinajstić information content (AvgIpc) is 2.92. The van der Waals surface area contributed by atoms with Gasteiger partial charge in [0.2, 0.25) is 5.91 Å². The lowest BCUT2D eigenvalue weighted by molar-refractivity contribution is -0.124. The van der Waals surface area contributed by atoms with Gasteiger partial charge in [-0.25, -0.2) is 4.79 Å². The number of hydrogen-bond donors (Lipinski definition) is 1. The number of hydrogen-bond acceptors (Lipinski definition) is 5. The molecule has 2 saturated heterocycles. The molecule has 0 aliphatic carbocycles. The Hall–Kier alpha value is -2.28. The zero-order valence-corrected chi connectivity index (χ0v) is 16.9. The second-order valence-corrected chi connectivity index (χ2v) is 8.83. The molecule has 0 radical (unpaired) electrons. The molecule has 1 N–H and O–H groups in total. The molecule has 4 rings (SSSR count). The van der Waals surface area contributed by atoms with E-state index in [1.807, 2.05) is 20.8 Å². The average molecular weight is 387 g/mol. The van der Waals surface area contributed by atoms with Crippen molar-refractivity contribution in [2.75, 3.05) is 49.6 Å². The van der Waals surface area contributed by atoms with Crippen molar-refractivity contribution in [3.05, 3.63) is 23.8 Å². The van der Waals surface area contributed by atoms with Crippen molar-refractivity contribution in [3.8, 4) is 0 Å². The summed E-state index contributed by atoms with van der Waals surface area (Å²) in [6.45, 7) is 9.62. The first-order chi connectivity index (χ1) is 13.3. The number of fused-ring (bicyclic) bond motifs is 2. The first-order valence-electron chi connectivity index (χ1n) is 10.1. The molecule has 152 valence electrons. The fraction of sp³-hybridized carbons (Fsp3) is 0.619. The molecular formula is C21H29N3O4. The van der Waals surface area contributed by atoms with Crippen LogP contribution < -0.4 is 10.2 Å². The topological polar surface area (TPSA) is 71.1 Å². The van der Waals surface area contributed by atoms with Crippen molar-refractivity contribution >= 4 is 23.4 Å². The van der Waals surface area contributed by atoms with Crippen LogP contribution in [0.1, 0.15) is 39.2 Å². The summed E-state index contributed by atoms with van der Waals surface area (Å²) in [6.07, 6.45) is 1.22. The van der Waals surface area contributed by atoms with Crippen LogP contribution in [0, 0.1) is 0 Å². The van der Waals surface area contributed by atoms with Gasteiger partial charge in [-0.05, 0) is 51.3 Å². The van der Waals surface area contributed by atoms with E-state index in [2.05, 4.69) is 28.4 Å². The van der Waals surface area contributed by atoms with Gasteiger partial charge in [-0.15, -0.1) is 0 Å². The molecular weight excluding hydrogens is 358 g/mol. The number of rotatable bonds is 1. The number of ether oxygens (including phenoxy) is 2. The van der Waals surface area contributed by atoms with Crippen molar-refractivity contribution < 1.29 is 19.1 Å². The number of nitrogens with one attached hydrogen (secondary N) is 1. The van der Waals surface area contributed by atoms with Gasteiger partial charge in [0.1, 0.15) is 5.60 Å². The molecule has 0 unspecified atom stereocenters. The molecule has 2 amide bonds. The second kappa shape index (κ2) is 6.95. The van der Waals surface area contributed by atoms with E-state index >= 15 is 0 Å². The molecule has 3 aliphatic rings. The highest BCUT2D eigenvalue weighted by Crippen LogP contribution is 2.45. The maximum absolute atomic E-state index is 12.7. The van der Waals surface area contributed by atoms with Crippen LogP contribution in [-0.2, 0) is 19.7 Å². The Bertz CT molecular complexity index is 772. The zero-order chi connectivity index (χ0) is 19.9. The molecule has 1 spiro atoms. The van der Waals surface area contributed by atoms with Crippen molar-refractivity contribution in [3.63, 3.8) is 0 Å². The lowest BCUT2D eigenvalue weighted by Crippen LogP contribution is -2.50. The molecule has 3 aliphatic heterocycles. The Labute approximate surface area is 166 Å². The predicted molar refractivity (Wildman–Crippen MR) is 107 cm³/mol. The molecule has 0 bridgehead atoms. The normalized spacial score (nSPS) is 21.5. The van der Waals surface area contributed by atoms with Gasteiger partial charge in [0, 0.05) is 50.8 Å². The maximum atomic E-state index is 12.7. The van der Waals surface area contributed by atoms with E-state index in [-0.39, 0.29) is 12.0 Å². The summed E-state index contributed by atoms with van der Waals surface area (Å²) in [7, 11) is 0. The highest BCUT2D eigenvalue weighted by molar-refractivity contribution is 6.06. The van der Waals surface area contributed by atoms with Gasteiger partial charge in [-0.2, -0.15) is 0 Å². The summed E-state index contributed by atoms with van der Waals surface area (Å²) in [6, 6.07) is 6.26. The molecule has 7 heteroatoms. The largest absolute Gasteiger partial charge is 0.444 e. The number of anilines is 2. The van der Waals surface area contributed by atoms with Gasteiger partial charge in [-0.3, -0.25) is 4.79 Å². The monoisotopic (exact) mass is 387 g/mol. The van der Waals surface area contributed by atoms with Crippen molar-refractivity contribution in [2.45, 2.75) is 44.6 Å². The molecule has 0 saturated carbocycles. The van der Waals surface area contributed by atoms with Crippen molar-refractivity contribution in [2.24, 2.45) is 0 Å².